The van der Waals surface area contributed by atoms with Gasteiger partial charge in [-0.05, 0) is 24.7 Å². The van der Waals surface area contributed by atoms with Crippen molar-refractivity contribution in [1.29, 1.82) is 0 Å². The highest BCUT2D eigenvalue weighted by Crippen LogP contribution is 2.47. The third-order valence-corrected chi connectivity index (χ3v) is 3.36. The fourth-order valence-electron chi connectivity index (χ4n) is 1.71. The van der Waals surface area contributed by atoms with E-state index in [-0.39, 0.29) is 5.91 Å². The molecular formula is C11H17N5O. The van der Waals surface area contributed by atoms with Gasteiger partial charge >= 0.3 is 0 Å². The van der Waals surface area contributed by atoms with E-state index >= 15 is 0 Å². The van der Waals surface area contributed by atoms with Crippen LogP contribution in [-0.2, 0) is 0 Å². The molecule has 4 N–H and O–H groups in total. The summed E-state index contributed by atoms with van der Waals surface area (Å²) in [7, 11) is 0. The van der Waals surface area contributed by atoms with Crippen molar-refractivity contribution in [2.24, 2.45) is 11.3 Å². The SMILES string of the molecule is CCC1(CNC(=O)c2cnc(NN)cn2)CC1. The molecule has 0 aliphatic heterocycles. The number of hydrazine groups is 1. The van der Waals surface area contributed by atoms with Crippen LogP contribution in [0.3, 0.4) is 0 Å². The Hall–Kier alpha value is -1.69. The van der Waals surface area contributed by atoms with E-state index in [0.717, 1.165) is 13.0 Å². The van der Waals surface area contributed by atoms with E-state index in [2.05, 4.69) is 27.6 Å². The van der Waals surface area contributed by atoms with Gasteiger partial charge in [0.2, 0.25) is 0 Å². The first-order valence-electron chi connectivity index (χ1n) is 5.76. The first-order valence-corrected chi connectivity index (χ1v) is 5.76. The zero-order valence-corrected chi connectivity index (χ0v) is 9.86. The summed E-state index contributed by atoms with van der Waals surface area (Å²) in [4.78, 5) is 19.7. The van der Waals surface area contributed by atoms with Gasteiger partial charge in [-0.25, -0.2) is 15.8 Å². The maximum atomic E-state index is 11.8. The van der Waals surface area contributed by atoms with E-state index in [0.29, 0.717) is 16.9 Å². The second kappa shape index (κ2) is 4.67. The van der Waals surface area contributed by atoms with E-state index in [1.54, 1.807) is 0 Å². The van der Waals surface area contributed by atoms with Crippen LogP contribution < -0.4 is 16.6 Å². The molecule has 17 heavy (non-hydrogen) atoms. The second-order valence-corrected chi connectivity index (χ2v) is 4.47. The van der Waals surface area contributed by atoms with Crippen LogP contribution in [0.4, 0.5) is 5.82 Å². The van der Waals surface area contributed by atoms with E-state index in [1.165, 1.54) is 25.2 Å². The van der Waals surface area contributed by atoms with Gasteiger partial charge in [0.05, 0.1) is 12.4 Å². The number of nitrogen functional groups attached to an aromatic ring is 1. The van der Waals surface area contributed by atoms with Gasteiger partial charge in [-0.1, -0.05) is 6.92 Å². The summed E-state index contributed by atoms with van der Waals surface area (Å²) in [6.07, 6.45) is 6.35. The standard InChI is InChI=1S/C11H17N5O/c1-2-11(3-4-11)7-15-10(17)8-5-14-9(16-12)6-13-8/h5-6H,2-4,7,12H2,1H3,(H,14,16)(H,15,17). The summed E-state index contributed by atoms with van der Waals surface area (Å²) in [6, 6.07) is 0. The number of nitrogens with zero attached hydrogens (tertiary/aromatic N) is 2. The Morgan fingerprint density at radius 3 is 2.71 bits per heavy atom. The molecule has 0 saturated heterocycles. The third kappa shape index (κ3) is 2.71. The summed E-state index contributed by atoms with van der Waals surface area (Å²) >= 11 is 0. The van der Waals surface area contributed by atoms with Gasteiger partial charge < -0.3 is 10.7 Å². The van der Waals surface area contributed by atoms with Crippen molar-refractivity contribution in [3.05, 3.63) is 18.1 Å². The Labute approximate surface area is 100.0 Å². The van der Waals surface area contributed by atoms with Crippen molar-refractivity contribution >= 4 is 11.7 Å². The molecule has 1 fully saturated rings. The van der Waals surface area contributed by atoms with Crippen molar-refractivity contribution in [2.75, 3.05) is 12.0 Å². The maximum absolute atomic E-state index is 11.8. The molecule has 0 spiro atoms. The molecule has 6 heteroatoms. The van der Waals surface area contributed by atoms with Gasteiger partial charge in [-0.2, -0.15) is 0 Å². The average Bonchev–Trinajstić information content (AvgIpc) is 3.17. The Bertz CT molecular complexity index is 399. The van der Waals surface area contributed by atoms with Crippen LogP contribution in [0, 0.1) is 5.41 Å². The molecule has 1 heterocycles. The number of amides is 1. The number of rotatable bonds is 5. The van der Waals surface area contributed by atoms with Gasteiger partial charge in [0.15, 0.2) is 5.82 Å². The van der Waals surface area contributed by atoms with Crippen LogP contribution in [0.25, 0.3) is 0 Å². The molecule has 6 nitrogen and oxygen atoms in total. The lowest BCUT2D eigenvalue weighted by atomic mass is 10.0. The minimum atomic E-state index is -0.180. The Balaban J connectivity index is 1.90. The summed E-state index contributed by atoms with van der Waals surface area (Å²) in [5.41, 5.74) is 3.01. The molecule has 1 aromatic rings. The third-order valence-electron chi connectivity index (χ3n) is 3.36. The lowest BCUT2D eigenvalue weighted by Crippen LogP contribution is -2.30. The molecule has 0 unspecified atom stereocenters. The molecule has 1 aromatic heterocycles. The maximum Gasteiger partial charge on any atom is 0.271 e. The van der Waals surface area contributed by atoms with Crippen molar-refractivity contribution < 1.29 is 4.79 Å². The normalized spacial score (nSPS) is 16.4. The number of anilines is 1. The number of aromatic nitrogens is 2. The summed E-state index contributed by atoms with van der Waals surface area (Å²) in [5, 5.41) is 2.90. The monoisotopic (exact) mass is 235 g/mol. The molecule has 1 aliphatic carbocycles. The lowest BCUT2D eigenvalue weighted by Gasteiger charge is -2.12. The molecule has 0 radical (unpaired) electrons. The van der Waals surface area contributed by atoms with Crippen molar-refractivity contribution in [3.63, 3.8) is 0 Å². The highest BCUT2D eigenvalue weighted by atomic mass is 16.1. The van der Waals surface area contributed by atoms with Crippen LogP contribution in [0.5, 0.6) is 0 Å². The Kier molecular flexibility index (Phi) is 3.23. The van der Waals surface area contributed by atoms with Crippen LogP contribution in [0.2, 0.25) is 0 Å². The first-order chi connectivity index (χ1) is 8.19. The van der Waals surface area contributed by atoms with Gasteiger partial charge in [0.1, 0.15) is 5.69 Å². The number of hydrogen-bond acceptors (Lipinski definition) is 5. The molecule has 1 aliphatic rings. The molecule has 0 aromatic carbocycles. The Morgan fingerprint density at radius 1 is 1.47 bits per heavy atom. The fourth-order valence-corrected chi connectivity index (χ4v) is 1.71. The first kappa shape index (κ1) is 11.8. The number of carbonyl (C=O) groups is 1. The van der Waals surface area contributed by atoms with E-state index in [4.69, 9.17) is 5.84 Å². The fraction of sp³-hybridized carbons (Fsp3) is 0.545. The van der Waals surface area contributed by atoms with Gasteiger partial charge in [-0.15, -0.1) is 0 Å². The topological polar surface area (TPSA) is 92.9 Å². The molecular weight excluding hydrogens is 218 g/mol. The number of carbonyl (C=O) groups excluding carboxylic acids is 1. The number of nitrogens with two attached hydrogens (primary N) is 1. The van der Waals surface area contributed by atoms with Crippen LogP contribution in [-0.4, -0.2) is 22.4 Å². The number of hydrogen-bond donors (Lipinski definition) is 3. The average molecular weight is 235 g/mol. The van der Waals surface area contributed by atoms with Crippen molar-refractivity contribution in [2.45, 2.75) is 26.2 Å². The summed E-state index contributed by atoms with van der Waals surface area (Å²) in [5.74, 6) is 5.42. The van der Waals surface area contributed by atoms with E-state index in [1.807, 2.05) is 0 Å². The molecule has 2 rings (SSSR count). The smallest absolute Gasteiger partial charge is 0.271 e. The van der Waals surface area contributed by atoms with Gasteiger partial charge in [-0.3, -0.25) is 4.79 Å². The van der Waals surface area contributed by atoms with Crippen LogP contribution in [0.1, 0.15) is 36.7 Å². The number of nitrogens with one attached hydrogen (secondary N) is 2. The Morgan fingerprint density at radius 2 is 2.24 bits per heavy atom. The second-order valence-electron chi connectivity index (χ2n) is 4.47. The lowest BCUT2D eigenvalue weighted by molar-refractivity contribution is 0.0939. The molecule has 0 atom stereocenters. The van der Waals surface area contributed by atoms with Gasteiger partial charge in [0, 0.05) is 6.54 Å². The summed E-state index contributed by atoms with van der Waals surface area (Å²) in [6.45, 7) is 2.88. The van der Waals surface area contributed by atoms with Crippen LogP contribution in [0.15, 0.2) is 12.4 Å². The molecule has 92 valence electrons. The quantitative estimate of drug-likeness (QED) is 0.515. The highest BCUT2D eigenvalue weighted by Gasteiger charge is 2.40. The molecule has 1 saturated carbocycles. The predicted molar refractivity (Wildman–Crippen MR) is 64.1 cm³/mol. The largest absolute Gasteiger partial charge is 0.350 e. The zero-order chi connectivity index (χ0) is 12.3. The van der Waals surface area contributed by atoms with Crippen molar-refractivity contribution in [1.82, 2.24) is 15.3 Å². The summed E-state index contributed by atoms with van der Waals surface area (Å²) < 4.78 is 0. The van der Waals surface area contributed by atoms with Crippen molar-refractivity contribution in [3.8, 4) is 0 Å². The highest BCUT2D eigenvalue weighted by molar-refractivity contribution is 5.92. The molecule has 1 amide bonds. The van der Waals surface area contributed by atoms with Gasteiger partial charge in [0.25, 0.3) is 5.91 Å². The zero-order valence-electron chi connectivity index (χ0n) is 9.86. The predicted octanol–water partition coefficient (Wildman–Crippen LogP) is 0.682. The molecule has 0 bridgehead atoms. The minimum Gasteiger partial charge on any atom is -0.350 e. The minimum absolute atomic E-state index is 0.180. The van der Waals surface area contributed by atoms with E-state index < -0.39 is 0 Å². The van der Waals surface area contributed by atoms with E-state index in [9.17, 15) is 4.79 Å². The van der Waals surface area contributed by atoms with Crippen LogP contribution >= 0.6 is 0 Å².